The van der Waals surface area contributed by atoms with E-state index in [-0.39, 0.29) is 0 Å². The summed E-state index contributed by atoms with van der Waals surface area (Å²) in [5, 5.41) is 15.1. The Labute approximate surface area is 143 Å². The molecular formula is C18H28N6. The minimum Gasteiger partial charge on any atom is -0.356 e. The second-order valence-electron chi connectivity index (χ2n) is 6.82. The first-order chi connectivity index (χ1) is 11.8. The fourth-order valence-electron chi connectivity index (χ4n) is 3.61. The van der Waals surface area contributed by atoms with Crippen LogP contribution in [-0.2, 0) is 6.54 Å². The van der Waals surface area contributed by atoms with Gasteiger partial charge < -0.3 is 10.6 Å². The molecule has 0 saturated heterocycles. The Bertz CT molecular complexity index is 677. The van der Waals surface area contributed by atoms with E-state index in [0.29, 0.717) is 6.54 Å². The van der Waals surface area contributed by atoms with Gasteiger partial charge in [0.1, 0.15) is 0 Å². The van der Waals surface area contributed by atoms with Crippen molar-refractivity contribution < 1.29 is 0 Å². The monoisotopic (exact) mass is 328 g/mol. The van der Waals surface area contributed by atoms with E-state index < -0.39 is 0 Å². The van der Waals surface area contributed by atoms with Crippen molar-refractivity contribution in [2.75, 3.05) is 13.6 Å². The van der Waals surface area contributed by atoms with Gasteiger partial charge in [0.15, 0.2) is 17.4 Å². The summed E-state index contributed by atoms with van der Waals surface area (Å²) in [6.45, 7) is 3.95. The first-order valence-corrected chi connectivity index (χ1v) is 8.99. The maximum absolute atomic E-state index is 4.30. The van der Waals surface area contributed by atoms with E-state index in [4.69, 9.17) is 0 Å². The van der Waals surface area contributed by atoms with Crippen LogP contribution in [0.25, 0.3) is 5.65 Å². The molecule has 2 aromatic heterocycles. The number of rotatable bonds is 5. The molecule has 1 aliphatic rings. The average molecular weight is 328 g/mol. The summed E-state index contributed by atoms with van der Waals surface area (Å²) < 4.78 is 1.99. The van der Waals surface area contributed by atoms with E-state index in [1.807, 2.05) is 28.8 Å². The lowest BCUT2D eigenvalue weighted by atomic mass is 9.81. The fourth-order valence-corrected chi connectivity index (χ4v) is 3.61. The Morgan fingerprint density at radius 1 is 1.29 bits per heavy atom. The predicted octanol–water partition coefficient (Wildman–Crippen LogP) is 2.61. The number of hydrogen-bond acceptors (Lipinski definition) is 3. The number of aromatic nitrogens is 3. The smallest absolute Gasteiger partial charge is 0.191 e. The molecule has 2 atom stereocenters. The van der Waals surface area contributed by atoms with Crippen molar-refractivity contribution in [3.63, 3.8) is 0 Å². The van der Waals surface area contributed by atoms with Crippen molar-refractivity contribution in [2.45, 2.75) is 45.6 Å². The van der Waals surface area contributed by atoms with Gasteiger partial charge in [-0.1, -0.05) is 32.3 Å². The van der Waals surface area contributed by atoms with Crippen LogP contribution >= 0.6 is 0 Å². The average Bonchev–Trinajstić information content (AvgIpc) is 3.01. The molecule has 130 valence electrons. The summed E-state index contributed by atoms with van der Waals surface area (Å²) in [5.74, 6) is 3.46. The van der Waals surface area contributed by atoms with Gasteiger partial charge in [-0.25, -0.2) is 0 Å². The highest BCUT2D eigenvalue weighted by atomic mass is 15.3. The highest BCUT2D eigenvalue weighted by Crippen LogP contribution is 2.30. The molecular weight excluding hydrogens is 300 g/mol. The highest BCUT2D eigenvalue weighted by Gasteiger charge is 2.18. The van der Waals surface area contributed by atoms with Gasteiger partial charge in [0.05, 0.1) is 6.54 Å². The van der Waals surface area contributed by atoms with Gasteiger partial charge in [0, 0.05) is 19.8 Å². The SMILES string of the molecule is CN=C(NCCC1CCCC(C)C1)NCc1nnc2ccccn12. The Morgan fingerprint density at radius 3 is 3.04 bits per heavy atom. The van der Waals surface area contributed by atoms with Gasteiger partial charge in [-0.05, 0) is 36.8 Å². The molecule has 3 rings (SSSR count). The zero-order valence-electron chi connectivity index (χ0n) is 14.7. The number of hydrogen-bond donors (Lipinski definition) is 2. The number of nitrogens with zero attached hydrogens (tertiary/aromatic N) is 4. The number of pyridine rings is 1. The van der Waals surface area contributed by atoms with Crippen molar-refractivity contribution in [1.29, 1.82) is 0 Å². The summed E-state index contributed by atoms with van der Waals surface area (Å²) in [6, 6.07) is 5.90. The van der Waals surface area contributed by atoms with E-state index in [1.165, 1.54) is 32.1 Å². The van der Waals surface area contributed by atoms with E-state index in [1.54, 1.807) is 7.05 Å². The fraction of sp³-hybridized carbons (Fsp3) is 0.611. The molecule has 1 saturated carbocycles. The second kappa shape index (κ2) is 8.13. The van der Waals surface area contributed by atoms with Crippen molar-refractivity contribution >= 4 is 11.6 Å². The van der Waals surface area contributed by atoms with Gasteiger partial charge in [-0.2, -0.15) is 0 Å². The van der Waals surface area contributed by atoms with Crippen LogP contribution in [0.1, 0.15) is 44.9 Å². The van der Waals surface area contributed by atoms with Gasteiger partial charge in [0.25, 0.3) is 0 Å². The zero-order valence-corrected chi connectivity index (χ0v) is 14.7. The molecule has 2 aromatic rings. The van der Waals surface area contributed by atoms with Crippen molar-refractivity contribution in [2.24, 2.45) is 16.8 Å². The minimum absolute atomic E-state index is 0.602. The predicted molar refractivity (Wildman–Crippen MR) is 96.9 cm³/mol. The quantitative estimate of drug-likeness (QED) is 0.654. The third-order valence-electron chi connectivity index (χ3n) is 4.91. The second-order valence-corrected chi connectivity index (χ2v) is 6.82. The number of aliphatic imine (C=N–C) groups is 1. The van der Waals surface area contributed by atoms with Crippen LogP contribution in [0.3, 0.4) is 0 Å². The summed E-state index contributed by atoms with van der Waals surface area (Å²) in [6.07, 6.45) is 8.74. The molecule has 0 aromatic carbocycles. The number of nitrogens with one attached hydrogen (secondary N) is 2. The van der Waals surface area contributed by atoms with Crippen molar-refractivity contribution in [3.05, 3.63) is 30.2 Å². The molecule has 0 amide bonds. The third-order valence-corrected chi connectivity index (χ3v) is 4.91. The Hall–Kier alpha value is -2.11. The minimum atomic E-state index is 0.602. The van der Waals surface area contributed by atoms with E-state index >= 15 is 0 Å². The molecule has 2 unspecified atom stereocenters. The van der Waals surface area contributed by atoms with E-state index in [2.05, 4.69) is 32.7 Å². The molecule has 0 spiro atoms. The Balaban J connectivity index is 1.45. The van der Waals surface area contributed by atoms with Gasteiger partial charge in [-0.3, -0.25) is 9.39 Å². The molecule has 6 heteroatoms. The first kappa shape index (κ1) is 16.7. The summed E-state index contributed by atoms with van der Waals surface area (Å²) >= 11 is 0. The van der Waals surface area contributed by atoms with Crippen LogP contribution in [0.15, 0.2) is 29.4 Å². The van der Waals surface area contributed by atoms with E-state index in [0.717, 1.165) is 35.8 Å². The standard InChI is InChI=1S/C18H28N6/c1-14-6-5-7-15(12-14)9-10-20-18(19-2)21-13-17-23-22-16-8-3-4-11-24(16)17/h3-4,8,11,14-15H,5-7,9-10,12-13H2,1-2H3,(H2,19,20,21). The lowest BCUT2D eigenvalue weighted by molar-refractivity contribution is 0.270. The summed E-state index contributed by atoms with van der Waals surface area (Å²) in [7, 11) is 1.81. The lowest BCUT2D eigenvalue weighted by Crippen LogP contribution is -2.38. The van der Waals surface area contributed by atoms with Crippen molar-refractivity contribution in [3.8, 4) is 0 Å². The first-order valence-electron chi connectivity index (χ1n) is 8.99. The van der Waals surface area contributed by atoms with Crippen LogP contribution in [0.2, 0.25) is 0 Å². The summed E-state index contributed by atoms with van der Waals surface area (Å²) in [5.41, 5.74) is 0.865. The molecule has 0 aliphatic heterocycles. The van der Waals surface area contributed by atoms with Crippen LogP contribution < -0.4 is 10.6 Å². The molecule has 0 radical (unpaired) electrons. The number of fused-ring (bicyclic) bond motifs is 1. The van der Waals surface area contributed by atoms with Crippen LogP contribution in [0.5, 0.6) is 0 Å². The summed E-state index contributed by atoms with van der Waals surface area (Å²) in [4.78, 5) is 4.30. The largest absolute Gasteiger partial charge is 0.356 e. The lowest BCUT2D eigenvalue weighted by Gasteiger charge is -2.26. The van der Waals surface area contributed by atoms with Crippen LogP contribution in [-0.4, -0.2) is 34.2 Å². The molecule has 24 heavy (non-hydrogen) atoms. The Kier molecular flexibility index (Phi) is 5.67. The molecule has 2 N–H and O–H groups in total. The van der Waals surface area contributed by atoms with Crippen molar-refractivity contribution in [1.82, 2.24) is 25.2 Å². The van der Waals surface area contributed by atoms with Gasteiger partial charge >= 0.3 is 0 Å². The van der Waals surface area contributed by atoms with Crippen LogP contribution in [0.4, 0.5) is 0 Å². The molecule has 0 bridgehead atoms. The molecule has 6 nitrogen and oxygen atoms in total. The zero-order chi connectivity index (χ0) is 16.8. The highest BCUT2D eigenvalue weighted by molar-refractivity contribution is 5.79. The molecule has 2 heterocycles. The Morgan fingerprint density at radius 2 is 2.21 bits per heavy atom. The van der Waals surface area contributed by atoms with E-state index in [9.17, 15) is 0 Å². The third kappa shape index (κ3) is 4.24. The van der Waals surface area contributed by atoms with Gasteiger partial charge in [-0.15, -0.1) is 10.2 Å². The number of guanidine groups is 1. The maximum Gasteiger partial charge on any atom is 0.191 e. The topological polar surface area (TPSA) is 66.6 Å². The normalized spacial score (nSPS) is 21.8. The maximum atomic E-state index is 4.30. The van der Waals surface area contributed by atoms with Gasteiger partial charge in [0.2, 0.25) is 0 Å². The molecule has 1 aliphatic carbocycles. The van der Waals surface area contributed by atoms with Crippen LogP contribution in [0, 0.1) is 11.8 Å². The molecule has 1 fully saturated rings.